The maximum absolute atomic E-state index is 11.0. The largest absolute Gasteiger partial charge is 0.399 e. The zero-order chi connectivity index (χ0) is 11.2. The van der Waals surface area contributed by atoms with Gasteiger partial charge in [-0.2, -0.15) is 8.42 Å². The molecule has 5 nitrogen and oxygen atoms in total. The molecule has 92 valence electrons. The summed E-state index contributed by atoms with van der Waals surface area (Å²) >= 11 is 0. The van der Waals surface area contributed by atoms with Crippen LogP contribution in [0.25, 0.3) is 0 Å². The molecular formula is C10H17NO4S. The Labute approximate surface area is 95.8 Å². The van der Waals surface area contributed by atoms with E-state index in [1.807, 2.05) is 0 Å². The SMILES string of the molecule is O=S1(=O)OCC(C2CC3CCC(C2)N3)CO1. The lowest BCUT2D eigenvalue weighted by Gasteiger charge is -2.35. The fourth-order valence-corrected chi connectivity index (χ4v) is 3.93. The molecule has 2 atom stereocenters. The molecule has 16 heavy (non-hydrogen) atoms. The van der Waals surface area contributed by atoms with Crippen molar-refractivity contribution in [2.75, 3.05) is 13.2 Å². The molecule has 3 fully saturated rings. The van der Waals surface area contributed by atoms with Crippen molar-refractivity contribution in [1.29, 1.82) is 0 Å². The van der Waals surface area contributed by atoms with Gasteiger partial charge in [0.1, 0.15) is 0 Å². The molecule has 0 spiro atoms. The minimum Gasteiger partial charge on any atom is -0.311 e. The van der Waals surface area contributed by atoms with Crippen molar-refractivity contribution in [3.05, 3.63) is 0 Å². The highest BCUT2D eigenvalue weighted by molar-refractivity contribution is 7.81. The maximum atomic E-state index is 11.0. The summed E-state index contributed by atoms with van der Waals surface area (Å²) in [4.78, 5) is 0. The molecule has 0 aromatic heterocycles. The molecule has 2 unspecified atom stereocenters. The van der Waals surface area contributed by atoms with Crippen molar-refractivity contribution >= 4 is 10.4 Å². The van der Waals surface area contributed by atoms with Gasteiger partial charge < -0.3 is 5.32 Å². The minimum absolute atomic E-state index is 0.244. The molecule has 0 saturated carbocycles. The van der Waals surface area contributed by atoms with Crippen molar-refractivity contribution < 1.29 is 16.8 Å². The van der Waals surface area contributed by atoms with Gasteiger partial charge in [0.25, 0.3) is 0 Å². The van der Waals surface area contributed by atoms with Gasteiger partial charge in [0.05, 0.1) is 13.2 Å². The molecule has 3 heterocycles. The highest BCUT2D eigenvalue weighted by Gasteiger charge is 2.39. The molecule has 1 N–H and O–H groups in total. The summed E-state index contributed by atoms with van der Waals surface area (Å²) in [6, 6.07) is 1.25. The Morgan fingerprint density at radius 3 is 2.06 bits per heavy atom. The van der Waals surface area contributed by atoms with Gasteiger partial charge in [-0.3, -0.25) is 0 Å². The molecule has 0 aromatic rings. The summed E-state index contributed by atoms with van der Waals surface area (Å²) in [5, 5.41) is 3.58. The van der Waals surface area contributed by atoms with Crippen molar-refractivity contribution in [2.45, 2.75) is 37.8 Å². The Kier molecular flexibility index (Phi) is 2.70. The van der Waals surface area contributed by atoms with E-state index < -0.39 is 10.4 Å². The van der Waals surface area contributed by atoms with Crippen LogP contribution in [0.5, 0.6) is 0 Å². The number of fused-ring (bicyclic) bond motifs is 2. The average molecular weight is 247 g/mol. The van der Waals surface area contributed by atoms with Gasteiger partial charge in [0.15, 0.2) is 0 Å². The molecule has 0 amide bonds. The second kappa shape index (κ2) is 3.94. The van der Waals surface area contributed by atoms with Crippen LogP contribution in [-0.4, -0.2) is 33.7 Å². The van der Waals surface area contributed by atoms with E-state index in [1.165, 1.54) is 12.8 Å². The summed E-state index contributed by atoms with van der Waals surface area (Å²) in [5.74, 6) is 0.794. The van der Waals surface area contributed by atoms with Crippen LogP contribution in [0.3, 0.4) is 0 Å². The highest BCUT2D eigenvalue weighted by atomic mass is 32.3. The van der Waals surface area contributed by atoms with E-state index in [9.17, 15) is 8.42 Å². The monoisotopic (exact) mass is 247 g/mol. The van der Waals surface area contributed by atoms with Crippen LogP contribution in [0.4, 0.5) is 0 Å². The average Bonchev–Trinajstić information content (AvgIpc) is 2.58. The zero-order valence-electron chi connectivity index (χ0n) is 9.09. The third kappa shape index (κ3) is 2.11. The van der Waals surface area contributed by atoms with Gasteiger partial charge in [-0.15, -0.1) is 0 Å². The Morgan fingerprint density at radius 1 is 0.938 bits per heavy atom. The number of rotatable bonds is 1. The molecule has 3 rings (SSSR count). The van der Waals surface area contributed by atoms with Gasteiger partial charge in [-0.05, 0) is 31.6 Å². The third-order valence-corrected chi connectivity index (χ3v) is 4.88. The molecule has 3 saturated heterocycles. The second-order valence-electron chi connectivity index (χ2n) is 5.11. The molecule has 0 radical (unpaired) electrons. The highest BCUT2D eigenvalue weighted by Crippen LogP contribution is 2.36. The normalized spacial score (nSPS) is 43.4. The number of piperidine rings is 1. The molecule has 6 heteroatoms. The first-order valence-corrected chi connectivity index (χ1v) is 7.25. The summed E-state index contributed by atoms with van der Waals surface area (Å²) < 4.78 is 31.4. The van der Waals surface area contributed by atoms with Crippen LogP contribution >= 0.6 is 0 Å². The minimum atomic E-state index is -3.68. The smallest absolute Gasteiger partial charge is 0.311 e. The predicted octanol–water partition coefficient (Wildman–Crippen LogP) is 0.425. The lowest BCUT2D eigenvalue weighted by molar-refractivity contribution is 0.0529. The summed E-state index contributed by atoms with van der Waals surface area (Å²) in [7, 11) is -3.68. The van der Waals surface area contributed by atoms with Crippen molar-refractivity contribution in [2.24, 2.45) is 11.8 Å². The summed E-state index contributed by atoms with van der Waals surface area (Å²) in [6.07, 6.45) is 4.78. The Hall–Kier alpha value is -0.170. The van der Waals surface area contributed by atoms with Gasteiger partial charge in [0, 0.05) is 18.0 Å². The van der Waals surface area contributed by atoms with E-state index >= 15 is 0 Å². The van der Waals surface area contributed by atoms with E-state index in [0.717, 1.165) is 12.8 Å². The van der Waals surface area contributed by atoms with Crippen LogP contribution in [0.15, 0.2) is 0 Å². The topological polar surface area (TPSA) is 64.6 Å². The van der Waals surface area contributed by atoms with E-state index in [4.69, 9.17) is 8.37 Å². The van der Waals surface area contributed by atoms with Gasteiger partial charge in [-0.1, -0.05) is 0 Å². The van der Waals surface area contributed by atoms with Crippen LogP contribution in [0.1, 0.15) is 25.7 Å². The Bertz CT molecular complexity index is 343. The second-order valence-corrected chi connectivity index (χ2v) is 6.39. The van der Waals surface area contributed by atoms with Gasteiger partial charge in [0.2, 0.25) is 0 Å². The van der Waals surface area contributed by atoms with Crippen molar-refractivity contribution in [3.8, 4) is 0 Å². The zero-order valence-corrected chi connectivity index (χ0v) is 9.91. The predicted molar refractivity (Wildman–Crippen MR) is 57.0 cm³/mol. The maximum Gasteiger partial charge on any atom is 0.399 e. The van der Waals surface area contributed by atoms with Crippen molar-refractivity contribution in [3.63, 3.8) is 0 Å². The van der Waals surface area contributed by atoms with E-state index in [0.29, 0.717) is 31.2 Å². The Balaban J connectivity index is 1.62. The standard InChI is InChI=1S/C10H17NO4S/c12-16(13)14-5-8(6-15-16)7-3-9-1-2-10(4-7)11-9/h7-11H,1-6H2. The Morgan fingerprint density at radius 2 is 1.50 bits per heavy atom. The summed E-state index contributed by atoms with van der Waals surface area (Å²) in [6.45, 7) is 0.596. The third-order valence-electron chi connectivity index (χ3n) is 4.03. The van der Waals surface area contributed by atoms with E-state index in [-0.39, 0.29) is 5.92 Å². The first kappa shape index (κ1) is 11.0. The molecule has 3 aliphatic rings. The lowest BCUT2D eigenvalue weighted by Crippen LogP contribution is -2.43. The first-order chi connectivity index (χ1) is 7.62. The van der Waals surface area contributed by atoms with E-state index in [1.54, 1.807) is 0 Å². The molecule has 0 aromatic carbocycles. The first-order valence-electron chi connectivity index (χ1n) is 5.92. The number of hydrogen-bond donors (Lipinski definition) is 1. The van der Waals surface area contributed by atoms with Crippen LogP contribution in [0.2, 0.25) is 0 Å². The van der Waals surface area contributed by atoms with Gasteiger partial charge >= 0.3 is 10.4 Å². The molecular weight excluding hydrogens is 230 g/mol. The number of nitrogens with one attached hydrogen (secondary N) is 1. The van der Waals surface area contributed by atoms with Crippen LogP contribution in [0, 0.1) is 11.8 Å². The molecule has 0 aliphatic carbocycles. The van der Waals surface area contributed by atoms with Gasteiger partial charge in [-0.25, -0.2) is 8.37 Å². The van der Waals surface area contributed by atoms with Crippen LogP contribution < -0.4 is 5.32 Å². The fourth-order valence-electron chi connectivity index (χ4n) is 3.18. The lowest BCUT2D eigenvalue weighted by atomic mass is 9.82. The van der Waals surface area contributed by atoms with Crippen LogP contribution in [-0.2, 0) is 18.8 Å². The quantitative estimate of drug-likeness (QED) is 0.727. The summed E-state index contributed by atoms with van der Waals surface area (Å²) in [5.41, 5.74) is 0. The van der Waals surface area contributed by atoms with E-state index in [2.05, 4.69) is 5.32 Å². The molecule has 3 aliphatic heterocycles. The molecule has 2 bridgehead atoms. The fraction of sp³-hybridized carbons (Fsp3) is 1.00. The van der Waals surface area contributed by atoms with Crippen molar-refractivity contribution in [1.82, 2.24) is 5.32 Å². The number of hydrogen-bond acceptors (Lipinski definition) is 5.